The monoisotopic (exact) mass is 290 g/mol. The van der Waals surface area contributed by atoms with E-state index in [-0.39, 0.29) is 16.7 Å². The minimum atomic E-state index is -0.978. The van der Waals surface area contributed by atoms with Crippen LogP contribution in [0.5, 0.6) is 0 Å². The van der Waals surface area contributed by atoms with Crippen molar-refractivity contribution in [2.75, 3.05) is 0 Å². The molecule has 0 bridgehead atoms. The van der Waals surface area contributed by atoms with Crippen LogP contribution in [0.4, 0.5) is 8.78 Å². The van der Waals surface area contributed by atoms with Crippen molar-refractivity contribution in [3.05, 3.63) is 62.3 Å². The van der Waals surface area contributed by atoms with Gasteiger partial charge in [0.15, 0.2) is 16.8 Å². The molecular weight excluding hydrogens is 285 g/mol. The Bertz CT molecular complexity index is 658. The standard InChI is InChI=1S/C11H6Cl2F2N2O/c12-9-10(13)16-5-17(11(9)18)4-6-1-2-7(14)8(15)3-6/h1-3,5H,4H2. The molecule has 0 spiro atoms. The van der Waals surface area contributed by atoms with Gasteiger partial charge in [-0.1, -0.05) is 29.3 Å². The highest BCUT2D eigenvalue weighted by Gasteiger charge is 2.09. The van der Waals surface area contributed by atoms with Crippen LogP contribution in [-0.4, -0.2) is 9.55 Å². The van der Waals surface area contributed by atoms with Gasteiger partial charge in [-0.15, -0.1) is 0 Å². The highest BCUT2D eigenvalue weighted by molar-refractivity contribution is 6.40. The van der Waals surface area contributed by atoms with Crippen molar-refractivity contribution in [1.29, 1.82) is 0 Å². The molecule has 1 aromatic carbocycles. The van der Waals surface area contributed by atoms with Gasteiger partial charge in [-0.2, -0.15) is 0 Å². The molecule has 0 aliphatic rings. The fourth-order valence-electron chi connectivity index (χ4n) is 1.39. The third-order valence-electron chi connectivity index (χ3n) is 2.28. The van der Waals surface area contributed by atoms with E-state index in [0.29, 0.717) is 5.56 Å². The zero-order valence-corrected chi connectivity index (χ0v) is 10.3. The van der Waals surface area contributed by atoms with Crippen molar-refractivity contribution in [3.8, 4) is 0 Å². The fourth-order valence-corrected chi connectivity index (χ4v) is 1.67. The molecule has 0 aliphatic carbocycles. The van der Waals surface area contributed by atoms with Crippen molar-refractivity contribution in [1.82, 2.24) is 9.55 Å². The molecule has 0 saturated carbocycles. The fraction of sp³-hybridized carbons (Fsp3) is 0.0909. The average Bonchev–Trinajstić information content (AvgIpc) is 2.34. The Morgan fingerprint density at radius 2 is 1.94 bits per heavy atom. The van der Waals surface area contributed by atoms with E-state index in [2.05, 4.69) is 4.98 Å². The van der Waals surface area contributed by atoms with Crippen molar-refractivity contribution in [2.45, 2.75) is 6.54 Å². The summed E-state index contributed by atoms with van der Waals surface area (Å²) < 4.78 is 26.9. The summed E-state index contributed by atoms with van der Waals surface area (Å²) in [6.07, 6.45) is 1.19. The van der Waals surface area contributed by atoms with E-state index in [1.807, 2.05) is 0 Å². The molecule has 0 atom stereocenters. The van der Waals surface area contributed by atoms with Crippen LogP contribution in [0, 0.1) is 11.6 Å². The first kappa shape index (κ1) is 13.0. The van der Waals surface area contributed by atoms with Crippen LogP contribution in [0.2, 0.25) is 10.2 Å². The van der Waals surface area contributed by atoms with Gasteiger partial charge in [-0.05, 0) is 17.7 Å². The molecule has 0 N–H and O–H groups in total. The minimum absolute atomic E-state index is 0.0277. The molecule has 0 aliphatic heterocycles. The summed E-state index contributed by atoms with van der Waals surface area (Å²) in [5, 5.41) is -0.301. The number of hydrogen-bond donors (Lipinski definition) is 0. The molecule has 2 aromatic rings. The van der Waals surface area contributed by atoms with Crippen LogP contribution < -0.4 is 5.56 Å². The van der Waals surface area contributed by atoms with Crippen molar-refractivity contribution in [3.63, 3.8) is 0 Å². The van der Waals surface area contributed by atoms with Gasteiger partial charge in [0.25, 0.3) is 5.56 Å². The average molecular weight is 291 g/mol. The normalized spacial score (nSPS) is 10.7. The van der Waals surface area contributed by atoms with E-state index in [1.54, 1.807) is 0 Å². The van der Waals surface area contributed by atoms with E-state index < -0.39 is 17.2 Å². The Morgan fingerprint density at radius 3 is 2.61 bits per heavy atom. The maximum atomic E-state index is 13.0. The predicted molar refractivity (Wildman–Crippen MR) is 64.0 cm³/mol. The number of halogens is 4. The molecule has 0 radical (unpaired) electrons. The molecule has 1 heterocycles. The summed E-state index contributed by atoms with van der Waals surface area (Å²) in [4.78, 5) is 15.4. The third kappa shape index (κ3) is 2.52. The number of aromatic nitrogens is 2. The first-order valence-electron chi connectivity index (χ1n) is 4.83. The molecule has 2 rings (SSSR count). The molecule has 94 valence electrons. The molecule has 0 unspecified atom stereocenters. The molecule has 0 fully saturated rings. The topological polar surface area (TPSA) is 34.9 Å². The van der Waals surface area contributed by atoms with E-state index in [1.165, 1.54) is 12.4 Å². The van der Waals surface area contributed by atoms with Crippen LogP contribution in [0.15, 0.2) is 29.3 Å². The van der Waals surface area contributed by atoms with E-state index in [0.717, 1.165) is 16.7 Å². The number of nitrogens with zero attached hydrogens (tertiary/aromatic N) is 2. The zero-order valence-electron chi connectivity index (χ0n) is 8.83. The predicted octanol–water partition coefficient (Wildman–Crippen LogP) is 2.88. The van der Waals surface area contributed by atoms with Crippen molar-refractivity contribution >= 4 is 23.2 Å². The summed E-state index contributed by atoms with van der Waals surface area (Å²) in [5.41, 5.74) is -0.127. The molecular formula is C11H6Cl2F2N2O. The van der Waals surface area contributed by atoms with Crippen LogP contribution in [0.1, 0.15) is 5.56 Å². The lowest BCUT2D eigenvalue weighted by atomic mass is 10.2. The third-order valence-corrected chi connectivity index (χ3v) is 3.00. The Morgan fingerprint density at radius 1 is 1.22 bits per heavy atom. The van der Waals surface area contributed by atoms with Crippen molar-refractivity contribution in [2.24, 2.45) is 0 Å². The summed E-state index contributed by atoms with van der Waals surface area (Å²) in [7, 11) is 0. The van der Waals surface area contributed by atoms with E-state index in [4.69, 9.17) is 23.2 Å². The van der Waals surface area contributed by atoms with Gasteiger partial charge in [-0.3, -0.25) is 9.36 Å². The lowest BCUT2D eigenvalue weighted by Gasteiger charge is -2.06. The maximum Gasteiger partial charge on any atom is 0.273 e. The molecule has 18 heavy (non-hydrogen) atoms. The SMILES string of the molecule is O=c1c(Cl)c(Cl)ncn1Cc1ccc(F)c(F)c1. The summed E-state index contributed by atoms with van der Waals surface area (Å²) in [6.45, 7) is 0.0277. The smallest absolute Gasteiger partial charge is 0.273 e. The second-order valence-corrected chi connectivity index (χ2v) is 4.27. The highest BCUT2D eigenvalue weighted by Crippen LogP contribution is 2.14. The highest BCUT2D eigenvalue weighted by atomic mass is 35.5. The van der Waals surface area contributed by atoms with Gasteiger partial charge in [0, 0.05) is 0 Å². The lowest BCUT2D eigenvalue weighted by Crippen LogP contribution is -2.21. The van der Waals surface area contributed by atoms with Gasteiger partial charge in [-0.25, -0.2) is 13.8 Å². The number of hydrogen-bond acceptors (Lipinski definition) is 2. The quantitative estimate of drug-likeness (QED) is 0.797. The Balaban J connectivity index is 2.37. The Labute approximate surface area is 111 Å². The Kier molecular flexibility index (Phi) is 3.63. The summed E-state index contributed by atoms with van der Waals surface area (Å²) in [5.74, 6) is -1.92. The number of benzene rings is 1. The summed E-state index contributed by atoms with van der Waals surface area (Å²) >= 11 is 11.2. The first-order valence-corrected chi connectivity index (χ1v) is 5.59. The van der Waals surface area contributed by atoms with Gasteiger partial charge in [0.2, 0.25) is 0 Å². The molecule has 0 amide bonds. The number of rotatable bonds is 2. The van der Waals surface area contributed by atoms with Gasteiger partial charge in [0.05, 0.1) is 12.9 Å². The van der Waals surface area contributed by atoms with Gasteiger partial charge < -0.3 is 0 Å². The minimum Gasteiger partial charge on any atom is -0.293 e. The van der Waals surface area contributed by atoms with Crippen LogP contribution >= 0.6 is 23.2 Å². The van der Waals surface area contributed by atoms with Crippen LogP contribution in [0.3, 0.4) is 0 Å². The van der Waals surface area contributed by atoms with Gasteiger partial charge in [0.1, 0.15) is 5.02 Å². The summed E-state index contributed by atoms with van der Waals surface area (Å²) in [6, 6.07) is 3.36. The largest absolute Gasteiger partial charge is 0.293 e. The van der Waals surface area contributed by atoms with Crippen LogP contribution in [0.25, 0.3) is 0 Å². The molecule has 0 saturated heterocycles. The lowest BCUT2D eigenvalue weighted by molar-refractivity contribution is 0.506. The first-order chi connectivity index (χ1) is 8.49. The second-order valence-electron chi connectivity index (χ2n) is 3.53. The molecule has 1 aromatic heterocycles. The van der Waals surface area contributed by atoms with Crippen molar-refractivity contribution < 1.29 is 8.78 Å². The van der Waals surface area contributed by atoms with Crippen LogP contribution in [-0.2, 0) is 6.54 Å². The van der Waals surface area contributed by atoms with Gasteiger partial charge >= 0.3 is 0 Å². The zero-order chi connectivity index (χ0) is 13.3. The Hall–Kier alpha value is -1.46. The van der Waals surface area contributed by atoms with E-state index >= 15 is 0 Å². The van der Waals surface area contributed by atoms with E-state index in [9.17, 15) is 13.6 Å². The molecule has 7 heteroatoms. The second kappa shape index (κ2) is 5.04. The molecule has 3 nitrogen and oxygen atoms in total. The maximum absolute atomic E-state index is 13.0.